The molecule has 1 aromatic heterocycles. The smallest absolute Gasteiger partial charge is 0.323 e. The highest BCUT2D eigenvalue weighted by molar-refractivity contribution is 5.75. The number of nitrogens with zero attached hydrogens (tertiary/aromatic N) is 1. The second kappa shape index (κ2) is 7.79. The fourth-order valence-electron chi connectivity index (χ4n) is 1.58. The molecule has 0 fully saturated rings. The summed E-state index contributed by atoms with van der Waals surface area (Å²) < 4.78 is 5.03. The first-order chi connectivity index (χ1) is 8.27. The molecule has 0 saturated carbocycles. The molecular formula is C13H20N2O2. The summed E-state index contributed by atoms with van der Waals surface area (Å²) in [4.78, 5) is 15.6. The van der Waals surface area contributed by atoms with Crippen molar-refractivity contribution in [3.05, 3.63) is 30.1 Å². The van der Waals surface area contributed by atoms with Crippen LogP contribution in [0.15, 0.2) is 24.5 Å². The number of hydrogen-bond donors (Lipinski definition) is 1. The zero-order valence-corrected chi connectivity index (χ0v) is 10.5. The van der Waals surface area contributed by atoms with Crippen LogP contribution in [0.4, 0.5) is 0 Å². The van der Waals surface area contributed by atoms with E-state index in [-0.39, 0.29) is 12.0 Å². The minimum atomic E-state index is -0.215. The molecular weight excluding hydrogens is 216 g/mol. The average molecular weight is 236 g/mol. The summed E-state index contributed by atoms with van der Waals surface area (Å²) in [5.41, 5.74) is 1.12. The Hall–Kier alpha value is -1.42. The molecule has 1 N–H and O–H groups in total. The summed E-state index contributed by atoms with van der Waals surface area (Å²) in [6.45, 7) is 4.96. The number of pyridine rings is 1. The van der Waals surface area contributed by atoms with Crippen molar-refractivity contribution in [3.63, 3.8) is 0 Å². The van der Waals surface area contributed by atoms with Crippen molar-refractivity contribution in [3.8, 4) is 0 Å². The average Bonchev–Trinajstić information content (AvgIpc) is 2.36. The lowest BCUT2D eigenvalue weighted by molar-refractivity contribution is -0.145. The molecule has 0 saturated heterocycles. The van der Waals surface area contributed by atoms with Crippen molar-refractivity contribution in [2.75, 3.05) is 6.61 Å². The first-order valence-electron chi connectivity index (χ1n) is 6.06. The monoisotopic (exact) mass is 236 g/mol. The predicted octanol–water partition coefficient (Wildman–Crippen LogP) is 1.90. The van der Waals surface area contributed by atoms with Crippen LogP contribution in [0.3, 0.4) is 0 Å². The third-order valence-electron chi connectivity index (χ3n) is 2.45. The zero-order chi connectivity index (χ0) is 12.5. The number of ether oxygens (including phenoxy) is 1. The SMILES string of the molecule is CCCC(NCc1ccncc1)C(=O)OCC. The summed E-state index contributed by atoms with van der Waals surface area (Å²) in [6, 6.07) is 3.65. The molecule has 1 heterocycles. The Labute approximate surface area is 102 Å². The van der Waals surface area contributed by atoms with Crippen molar-refractivity contribution in [2.45, 2.75) is 39.3 Å². The Morgan fingerprint density at radius 2 is 2.12 bits per heavy atom. The number of rotatable bonds is 7. The van der Waals surface area contributed by atoms with Gasteiger partial charge in [-0.1, -0.05) is 13.3 Å². The van der Waals surface area contributed by atoms with Crippen LogP contribution in [0.5, 0.6) is 0 Å². The number of carbonyl (C=O) groups excluding carboxylic acids is 1. The van der Waals surface area contributed by atoms with Crippen LogP contribution in [0, 0.1) is 0 Å². The number of aromatic nitrogens is 1. The van der Waals surface area contributed by atoms with Gasteiger partial charge in [-0.05, 0) is 31.0 Å². The van der Waals surface area contributed by atoms with Crippen molar-refractivity contribution in [1.29, 1.82) is 0 Å². The van der Waals surface area contributed by atoms with Crippen LogP contribution >= 0.6 is 0 Å². The van der Waals surface area contributed by atoms with E-state index in [9.17, 15) is 4.79 Å². The van der Waals surface area contributed by atoms with Crippen LogP contribution in [0.2, 0.25) is 0 Å². The molecule has 1 unspecified atom stereocenters. The van der Waals surface area contributed by atoms with Crippen LogP contribution in [0.1, 0.15) is 32.3 Å². The van der Waals surface area contributed by atoms with E-state index < -0.39 is 0 Å². The van der Waals surface area contributed by atoms with E-state index in [1.54, 1.807) is 12.4 Å². The van der Waals surface area contributed by atoms with Gasteiger partial charge in [0.15, 0.2) is 0 Å². The lowest BCUT2D eigenvalue weighted by atomic mass is 10.1. The molecule has 1 atom stereocenters. The highest BCUT2D eigenvalue weighted by Crippen LogP contribution is 2.02. The van der Waals surface area contributed by atoms with E-state index in [1.165, 1.54) is 0 Å². The molecule has 0 radical (unpaired) electrons. The molecule has 0 aliphatic carbocycles. The molecule has 0 amide bonds. The third-order valence-corrected chi connectivity index (χ3v) is 2.45. The van der Waals surface area contributed by atoms with E-state index in [0.717, 1.165) is 18.4 Å². The van der Waals surface area contributed by atoms with Crippen LogP contribution < -0.4 is 5.32 Å². The molecule has 17 heavy (non-hydrogen) atoms. The first kappa shape index (κ1) is 13.6. The van der Waals surface area contributed by atoms with Crippen LogP contribution in [0.25, 0.3) is 0 Å². The highest BCUT2D eigenvalue weighted by atomic mass is 16.5. The second-order valence-corrected chi connectivity index (χ2v) is 3.83. The summed E-state index contributed by atoms with van der Waals surface area (Å²) in [6.07, 6.45) is 5.24. The fourth-order valence-corrected chi connectivity index (χ4v) is 1.58. The molecule has 0 bridgehead atoms. The van der Waals surface area contributed by atoms with Crippen LogP contribution in [-0.4, -0.2) is 23.6 Å². The lowest BCUT2D eigenvalue weighted by Crippen LogP contribution is -2.37. The first-order valence-corrected chi connectivity index (χ1v) is 6.06. The molecule has 0 aliphatic heterocycles. The van der Waals surface area contributed by atoms with Gasteiger partial charge in [-0.3, -0.25) is 9.78 Å². The van der Waals surface area contributed by atoms with Gasteiger partial charge in [-0.15, -0.1) is 0 Å². The van der Waals surface area contributed by atoms with Gasteiger partial charge in [-0.2, -0.15) is 0 Å². The molecule has 94 valence electrons. The number of hydrogen-bond acceptors (Lipinski definition) is 4. The molecule has 0 spiro atoms. The predicted molar refractivity (Wildman–Crippen MR) is 66.4 cm³/mol. The maximum Gasteiger partial charge on any atom is 0.323 e. The van der Waals surface area contributed by atoms with Gasteiger partial charge < -0.3 is 10.1 Å². The van der Waals surface area contributed by atoms with Gasteiger partial charge in [0.2, 0.25) is 0 Å². The van der Waals surface area contributed by atoms with E-state index in [2.05, 4.69) is 17.2 Å². The largest absolute Gasteiger partial charge is 0.465 e. The Kier molecular flexibility index (Phi) is 6.25. The minimum absolute atomic E-state index is 0.164. The highest BCUT2D eigenvalue weighted by Gasteiger charge is 2.17. The minimum Gasteiger partial charge on any atom is -0.465 e. The standard InChI is InChI=1S/C13H20N2O2/c1-3-5-12(13(16)17-4-2)15-10-11-6-8-14-9-7-11/h6-9,12,15H,3-5,10H2,1-2H3. The normalized spacial score (nSPS) is 12.1. The van der Waals surface area contributed by atoms with Gasteiger partial charge in [0.1, 0.15) is 6.04 Å². The quantitative estimate of drug-likeness (QED) is 0.735. The molecule has 0 aliphatic rings. The molecule has 4 nitrogen and oxygen atoms in total. The van der Waals surface area contributed by atoms with Gasteiger partial charge in [0.25, 0.3) is 0 Å². The van der Waals surface area contributed by atoms with Crippen molar-refractivity contribution in [1.82, 2.24) is 10.3 Å². The Balaban J connectivity index is 2.47. The van der Waals surface area contributed by atoms with Gasteiger partial charge >= 0.3 is 5.97 Å². The Morgan fingerprint density at radius 1 is 1.41 bits per heavy atom. The topological polar surface area (TPSA) is 51.2 Å². The summed E-state index contributed by atoms with van der Waals surface area (Å²) >= 11 is 0. The molecule has 0 aromatic carbocycles. The van der Waals surface area contributed by atoms with Gasteiger partial charge in [0, 0.05) is 18.9 Å². The summed E-state index contributed by atoms with van der Waals surface area (Å²) in [7, 11) is 0. The number of esters is 1. The molecule has 1 aromatic rings. The van der Waals surface area contributed by atoms with Crippen molar-refractivity contribution in [2.24, 2.45) is 0 Å². The number of carbonyl (C=O) groups is 1. The van der Waals surface area contributed by atoms with E-state index in [1.807, 2.05) is 19.1 Å². The number of nitrogens with one attached hydrogen (secondary N) is 1. The van der Waals surface area contributed by atoms with Crippen molar-refractivity contribution < 1.29 is 9.53 Å². The zero-order valence-electron chi connectivity index (χ0n) is 10.5. The Morgan fingerprint density at radius 3 is 2.71 bits per heavy atom. The second-order valence-electron chi connectivity index (χ2n) is 3.83. The lowest BCUT2D eigenvalue weighted by Gasteiger charge is -2.16. The fraction of sp³-hybridized carbons (Fsp3) is 0.538. The summed E-state index contributed by atoms with van der Waals surface area (Å²) in [5, 5.41) is 3.22. The summed E-state index contributed by atoms with van der Waals surface area (Å²) in [5.74, 6) is -0.164. The maximum atomic E-state index is 11.7. The van der Waals surface area contributed by atoms with E-state index in [4.69, 9.17) is 4.74 Å². The van der Waals surface area contributed by atoms with E-state index >= 15 is 0 Å². The Bertz CT molecular complexity index is 327. The molecule has 4 heteroatoms. The molecule has 1 rings (SSSR count). The van der Waals surface area contributed by atoms with E-state index in [0.29, 0.717) is 13.2 Å². The maximum absolute atomic E-state index is 11.7. The van der Waals surface area contributed by atoms with Gasteiger partial charge in [0.05, 0.1) is 6.61 Å². The van der Waals surface area contributed by atoms with Crippen molar-refractivity contribution >= 4 is 5.97 Å². The van der Waals surface area contributed by atoms with Crippen LogP contribution in [-0.2, 0) is 16.1 Å². The van der Waals surface area contributed by atoms with Gasteiger partial charge in [-0.25, -0.2) is 0 Å². The third kappa shape index (κ3) is 4.95.